The number of alkyl halides is 1. The highest BCUT2D eigenvalue weighted by Gasteiger charge is 2.49. The maximum atomic E-state index is 15.0. The molecule has 0 radical (unpaired) electrons. The van der Waals surface area contributed by atoms with E-state index in [4.69, 9.17) is 0 Å². The van der Waals surface area contributed by atoms with Crippen molar-refractivity contribution in [3.8, 4) is 22.7 Å². The minimum atomic E-state index is -0.964. The van der Waals surface area contributed by atoms with E-state index < -0.39 is 6.17 Å². The molecule has 30 heavy (non-hydrogen) atoms. The lowest BCUT2D eigenvalue weighted by Crippen LogP contribution is -2.53. The van der Waals surface area contributed by atoms with E-state index >= 15 is 0 Å². The second-order valence-electron chi connectivity index (χ2n) is 8.59. The standard InChI is InChI=1S/C23H24FN5O/c1-14(17-10-23(2)6-5-18(28-23)22(17)24)19-11-27-20(12-26-19)16-4-3-15(9-21(16)30)29-8-7-25-13-29/h3-4,7-9,11-13,17-18,22,28,30H,1,5-6,10H2,2H3/t17-,18-,22+,23+/m1/s1. The first-order chi connectivity index (χ1) is 14.4. The number of fused-ring (bicyclic) bond motifs is 2. The zero-order valence-corrected chi connectivity index (χ0v) is 16.8. The molecule has 3 aromatic rings. The SMILES string of the molecule is C=C(c1cnc(-c2ccc(-n3ccnc3)cc2O)cn1)[C@H]1C[C@]2(C)CC[C@@H](N2)[C@H]1F. The number of phenols is 1. The van der Waals surface area contributed by atoms with Gasteiger partial charge in [-0.15, -0.1) is 0 Å². The van der Waals surface area contributed by atoms with Crippen LogP contribution in [0.4, 0.5) is 4.39 Å². The number of piperidine rings is 1. The zero-order chi connectivity index (χ0) is 20.9. The van der Waals surface area contributed by atoms with Crippen molar-refractivity contribution in [3.05, 3.63) is 61.6 Å². The van der Waals surface area contributed by atoms with Crippen LogP contribution in [0, 0.1) is 5.92 Å². The Kier molecular flexibility index (Phi) is 4.43. The van der Waals surface area contributed by atoms with Crippen LogP contribution in [-0.2, 0) is 0 Å². The van der Waals surface area contributed by atoms with E-state index in [-0.39, 0.29) is 23.2 Å². The number of hydrogen-bond donors (Lipinski definition) is 2. The molecule has 5 rings (SSSR count). The third-order valence-electron chi connectivity index (χ3n) is 6.47. The highest BCUT2D eigenvalue weighted by atomic mass is 19.1. The quantitative estimate of drug-likeness (QED) is 0.688. The number of halogens is 1. The number of hydrogen-bond acceptors (Lipinski definition) is 5. The summed E-state index contributed by atoms with van der Waals surface area (Å²) in [5.41, 5.74) is 3.20. The molecular formula is C23H24FN5O. The number of rotatable bonds is 4. The minimum absolute atomic E-state index is 0.0307. The lowest BCUT2D eigenvalue weighted by molar-refractivity contribution is 0.135. The Hall–Kier alpha value is -3.06. The fourth-order valence-corrected chi connectivity index (χ4v) is 4.79. The summed E-state index contributed by atoms with van der Waals surface area (Å²) in [5.74, 6) is -0.152. The third-order valence-corrected chi connectivity index (χ3v) is 6.47. The van der Waals surface area contributed by atoms with Gasteiger partial charge in [-0.3, -0.25) is 9.97 Å². The molecule has 0 aliphatic carbocycles. The lowest BCUT2D eigenvalue weighted by Gasteiger charge is -2.39. The van der Waals surface area contributed by atoms with Crippen molar-refractivity contribution in [2.24, 2.45) is 5.92 Å². The molecule has 0 saturated carbocycles. The largest absolute Gasteiger partial charge is 0.507 e. The van der Waals surface area contributed by atoms with Crippen molar-refractivity contribution in [1.82, 2.24) is 24.8 Å². The van der Waals surface area contributed by atoms with Crippen molar-refractivity contribution < 1.29 is 9.50 Å². The number of allylic oxidation sites excluding steroid dienone is 1. The summed E-state index contributed by atoms with van der Waals surface area (Å²) >= 11 is 0. The molecular weight excluding hydrogens is 381 g/mol. The van der Waals surface area contributed by atoms with Gasteiger partial charge in [-0.1, -0.05) is 6.58 Å². The zero-order valence-electron chi connectivity index (χ0n) is 16.8. The Morgan fingerprint density at radius 2 is 2.20 bits per heavy atom. The van der Waals surface area contributed by atoms with Crippen LogP contribution in [0.2, 0.25) is 0 Å². The molecule has 4 atom stereocenters. The number of phenolic OH excluding ortho intramolecular Hbond substituents is 1. The molecule has 2 N–H and O–H groups in total. The van der Waals surface area contributed by atoms with Gasteiger partial charge < -0.3 is 15.0 Å². The van der Waals surface area contributed by atoms with Crippen LogP contribution < -0.4 is 5.32 Å². The molecule has 2 aliphatic heterocycles. The van der Waals surface area contributed by atoms with Crippen LogP contribution >= 0.6 is 0 Å². The first-order valence-corrected chi connectivity index (χ1v) is 10.2. The van der Waals surface area contributed by atoms with E-state index in [1.54, 1.807) is 43.2 Å². The second-order valence-corrected chi connectivity index (χ2v) is 8.59. The minimum Gasteiger partial charge on any atom is -0.507 e. The molecule has 7 heteroatoms. The molecule has 2 saturated heterocycles. The molecule has 0 amide bonds. The van der Waals surface area contributed by atoms with E-state index in [0.29, 0.717) is 28.9 Å². The summed E-state index contributed by atoms with van der Waals surface area (Å²) in [4.78, 5) is 13.0. The van der Waals surface area contributed by atoms with Crippen LogP contribution in [0.1, 0.15) is 31.9 Å². The van der Waals surface area contributed by atoms with E-state index in [1.165, 1.54) is 0 Å². The Balaban J connectivity index is 1.38. The summed E-state index contributed by atoms with van der Waals surface area (Å²) in [6, 6.07) is 5.23. The normalized spacial score (nSPS) is 27.9. The van der Waals surface area contributed by atoms with Crippen molar-refractivity contribution in [2.75, 3.05) is 0 Å². The van der Waals surface area contributed by atoms with Gasteiger partial charge in [0.25, 0.3) is 0 Å². The smallest absolute Gasteiger partial charge is 0.127 e. The maximum Gasteiger partial charge on any atom is 0.127 e. The summed E-state index contributed by atoms with van der Waals surface area (Å²) < 4.78 is 16.8. The highest BCUT2D eigenvalue weighted by Crippen LogP contribution is 2.44. The third kappa shape index (κ3) is 3.19. The van der Waals surface area contributed by atoms with Crippen molar-refractivity contribution in [2.45, 2.75) is 43.9 Å². The van der Waals surface area contributed by atoms with Crippen LogP contribution in [0.3, 0.4) is 0 Å². The van der Waals surface area contributed by atoms with Crippen LogP contribution in [0.15, 0.2) is 55.9 Å². The first-order valence-electron chi connectivity index (χ1n) is 10.2. The van der Waals surface area contributed by atoms with Gasteiger partial charge in [-0.2, -0.15) is 0 Å². The molecule has 2 bridgehead atoms. The van der Waals surface area contributed by atoms with E-state index in [1.807, 2.05) is 10.6 Å². The molecule has 2 aliphatic rings. The second kappa shape index (κ2) is 7.02. The lowest BCUT2D eigenvalue weighted by atomic mass is 9.79. The van der Waals surface area contributed by atoms with Crippen molar-refractivity contribution in [1.29, 1.82) is 0 Å². The average molecular weight is 405 g/mol. The summed E-state index contributed by atoms with van der Waals surface area (Å²) in [5, 5.41) is 13.9. The Morgan fingerprint density at radius 3 is 2.90 bits per heavy atom. The van der Waals surface area contributed by atoms with Crippen LogP contribution in [0.5, 0.6) is 5.75 Å². The van der Waals surface area contributed by atoms with Gasteiger partial charge in [0.05, 0.1) is 35.8 Å². The van der Waals surface area contributed by atoms with Gasteiger partial charge >= 0.3 is 0 Å². The molecule has 6 nitrogen and oxygen atoms in total. The summed E-state index contributed by atoms with van der Waals surface area (Å²) in [7, 11) is 0. The Morgan fingerprint density at radius 1 is 1.33 bits per heavy atom. The molecule has 4 heterocycles. The first kappa shape index (κ1) is 18.9. The number of benzene rings is 1. The molecule has 1 aromatic carbocycles. The van der Waals surface area contributed by atoms with Gasteiger partial charge in [0.1, 0.15) is 11.9 Å². The molecule has 154 valence electrons. The molecule has 0 spiro atoms. The highest BCUT2D eigenvalue weighted by molar-refractivity contribution is 5.69. The van der Waals surface area contributed by atoms with Crippen molar-refractivity contribution >= 4 is 5.57 Å². The fraction of sp³-hybridized carbons (Fsp3) is 0.348. The summed E-state index contributed by atoms with van der Waals surface area (Å²) in [6.45, 7) is 6.32. The van der Waals surface area contributed by atoms with Gasteiger partial charge in [-0.25, -0.2) is 9.37 Å². The maximum absolute atomic E-state index is 15.0. The van der Waals surface area contributed by atoms with Gasteiger partial charge in [-0.05, 0) is 43.9 Å². The van der Waals surface area contributed by atoms with Gasteiger partial charge in [0.15, 0.2) is 0 Å². The van der Waals surface area contributed by atoms with E-state index in [2.05, 4.69) is 33.8 Å². The number of aromatic nitrogens is 4. The molecule has 2 fully saturated rings. The number of imidazole rings is 1. The Bertz CT molecular complexity index is 1080. The Labute approximate surface area is 174 Å². The van der Waals surface area contributed by atoms with E-state index in [9.17, 15) is 9.50 Å². The van der Waals surface area contributed by atoms with Gasteiger partial charge in [0.2, 0.25) is 0 Å². The van der Waals surface area contributed by atoms with Crippen LogP contribution in [-0.4, -0.2) is 42.4 Å². The van der Waals surface area contributed by atoms with E-state index in [0.717, 1.165) is 18.5 Å². The number of nitrogens with zero attached hydrogens (tertiary/aromatic N) is 4. The molecule has 2 aromatic heterocycles. The summed E-state index contributed by atoms with van der Waals surface area (Å²) in [6.07, 6.45) is 9.98. The predicted octanol–water partition coefficient (Wildman–Crippen LogP) is 3.92. The molecule has 0 unspecified atom stereocenters. The number of aromatic hydroxyl groups is 1. The fourth-order valence-electron chi connectivity index (χ4n) is 4.79. The average Bonchev–Trinajstić information content (AvgIpc) is 3.39. The monoisotopic (exact) mass is 405 g/mol. The van der Waals surface area contributed by atoms with Crippen molar-refractivity contribution in [3.63, 3.8) is 0 Å². The predicted molar refractivity (Wildman–Crippen MR) is 113 cm³/mol. The topological polar surface area (TPSA) is 75.9 Å². The number of nitrogens with one attached hydrogen (secondary N) is 1. The van der Waals surface area contributed by atoms with Crippen LogP contribution in [0.25, 0.3) is 22.5 Å². The van der Waals surface area contributed by atoms with Gasteiger partial charge in [0, 0.05) is 41.5 Å².